The number of benzene rings is 1. The lowest BCUT2D eigenvalue weighted by molar-refractivity contribution is 0.0996. The fourth-order valence-electron chi connectivity index (χ4n) is 3.52. The Hall–Kier alpha value is -3.73. The Bertz CT molecular complexity index is 1380. The first kappa shape index (κ1) is 22.5. The number of pyridine rings is 1. The summed E-state index contributed by atoms with van der Waals surface area (Å²) in [6.45, 7) is 4.75. The number of amides is 1. The minimum Gasteiger partial charge on any atom is -0.491 e. The summed E-state index contributed by atoms with van der Waals surface area (Å²) >= 11 is 0. The van der Waals surface area contributed by atoms with Crippen LogP contribution in [0, 0.1) is 0 Å². The van der Waals surface area contributed by atoms with Crippen LogP contribution in [0.2, 0.25) is 0 Å². The third-order valence-electron chi connectivity index (χ3n) is 5.10. The average Bonchev–Trinajstić information content (AvgIpc) is 3.33. The molecule has 0 fully saturated rings. The number of nitrogens with one attached hydrogen (secondary N) is 1. The van der Waals surface area contributed by atoms with Gasteiger partial charge >= 0.3 is 0 Å². The van der Waals surface area contributed by atoms with Crippen molar-refractivity contribution in [3.63, 3.8) is 0 Å². The molecule has 33 heavy (non-hydrogen) atoms. The highest BCUT2D eigenvalue weighted by Crippen LogP contribution is 2.37. The van der Waals surface area contributed by atoms with Crippen molar-refractivity contribution in [2.75, 3.05) is 31.3 Å². The molecule has 10 nitrogen and oxygen atoms in total. The van der Waals surface area contributed by atoms with Crippen LogP contribution in [0.3, 0.4) is 0 Å². The van der Waals surface area contributed by atoms with E-state index in [0.717, 1.165) is 16.6 Å². The van der Waals surface area contributed by atoms with Crippen LogP contribution in [0.1, 0.15) is 16.8 Å². The summed E-state index contributed by atoms with van der Waals surface area (Å²) in [6, 6.07) is 6.91. The van der Waals surface area contributed by atoms with Crippen molar-refractivity contribution in [2.24, 2.45) is 4.99 Å². The number of anilines is 1. The van der Waals surface area contributed by atoms with Gasteiger partial charge in [-0.15, -0.1) is 0 Å². The average molecular weight is 470 g/mol. The quantitative estimate of drug-likeness (QED) is 0.496. The Kier molecular flexibility index (Phi) is 6.40. The van der Waals surface area contributed by atoms with Crippen molar-refractivity contribution in [2.45, 2.75) is 13.0 Å². The van der Waals surface area contributed by atoms with E-state index in [2.05, 4.69) is 26.9 Å². The molecule has 0 saturated carbocycles. The van der Waals surface area contributed by atoms with Gasteiger partial charge in [0.25, 0.3) is 5.91 Å². The molecule has 0 radical (unpaired) electrons. The highest BCUT2D eigenvalue weighted by atomic mass is 32.2. The van der Waals surface area contributed by atoms with Gasteiger partial charge in [0.1, 0.15) is 11.3 Å². The molecule has 1 aromatic carbocycles. The molecule has 1 aliphatic rings. The molecule has 0 saturated heterocycles. The fraction of sp³-hybridized carbons (Fsp3) is 0.273. The maximum Gasteiger partial charge on any atom is 0.281 e. The molecule has 172 valence electrons. The molecule has 11 heteroatoms. The zero-order chi connectivity index (χ0) is 23.4. The van der Waals surface area contributed by atoms with Gasteiger partial charge < -0.3 is 14.8 Å². The van der Waals surface area contributed by atoms with Crippen molar-refractivity contribution >= 4 is 32.5 Å². The minimum atomic E-state index is -3.29. The molecule has 1 N–H and O–H groups in total. The fourth-order valence-corrected chi connectivity index (χ4v) is 4.20. The number of hydrogen-bond donors (Lipinski definition) is 1. The number of aromatic nitrogens is 3. The van der Waals surface area contributed by atoms with Crippen LogP contribution in [0.25, 0.3) is 10.9 Å². The summed E-state index contributed by atoms with van der Waals surface area (Å²) in [6.07, 6.45) is 3.33. The van der Waals surface area contributed by atoms with Crippen LogP contribution in [-0.2, 0) is 16.4 Å². The van der Waals surface area contributed by atoms with E-state index >= 15 is 0 Å². The van der Waals surface area contributed by atoms with Gasteiger partial charge in [0.05, 0.1) is 25.0 Å². The largest absolute Gasteiger partial charge is 0.491 e. The SMILES string of the molecule is C=CS(=O)(=O)CCCOc1ccc2c3n(c(=NC(=O)c4cccnc4)nc2c1OC)CCN3. The molecule has 3 heterocycles. The molecule has 4 rings (SSSR count). The number of rotatable bonds is 8. The number of methoxy groups -OCH3 is 1. The predicted octanol–water partition coefficient (Wildman–Crippen LogP) is 1.93. The number of ether oxygens (including phenoxy) is 2. The van der Waals surface area contributed by atoms with Crippen LogP contribution >= 0.6 is 0 Å². The summed E-state index contributed by atoms with van der Waals surface area (Å²) in [5.41, 5.74) is 1.08. The summed E-state index contributed by atoms with van der Waals surface area (Å²) in [7, 11) is -1.79. The number of sulfone groups is 1. The van der Waals surface area contributed by atoms with Crippen LogP contribution in [0.4, 0.5) is 5.82 Å². The highest BCUT2D eigenvalue weighted by molar-refractivity contribution is 7.94. The van der Waals surface area contributed by atoms with Gasteiger partial charge in [0.15, 0.2) is 21.3 Å². The van der Waals surface area contributed by atoms with E-state index in [-0.39, 0.29) is 18.0 Å². The maximum absolute atomic E-state index is 12.7. The molecule has 2 aromatic heterocycles. The maximum atomic E-state index is 12.7. The van der Waals surface area contributed by atoms with Crippen molar-refractivity contribution in [3.8, 4) is 11.5 Å². The molecule has 0 spiro atoms. The normalized spacial score (nSPS) is 13.4. The van der Waals surface area contributed by atoms with Gasteiger partial charge in [0, 0.05) is 36.3 Å². The second-order valence-corrected chi connectivity index (χ2v) is 9.29. The summed E-state index contributed by atoms with van der Waals surface area (Å²) in [4.78, 5) is 25.5. The van der Waals surface area contributed by atoms with Crippen molar-refractivity contribution in [1.82, 2.24) is 14.5 Å². The van der Waals surface area contributed by atoms with E-state index in [1.165, 1.54) is 13.3 Å². The van der Waals surface area contributed by atoms with Gasteiger partial charge in [-0.3, -0.25) is 14.3 Å². The molecule has 1 amide bonds. The second-order valence-electron chi connectivity index (χ2n) is 7.23. The van der Waals surface area contributed by atoms with E-state index in [0.29, 0.717) is 42.1 Å². The summed E-state index contributed by atoms with van der Waals surface area (Å²) in [5.74, 6) is 1.06. The lowest BCUT2D eigenvalue weighted by Crippen LogP contribution is -2.25. The Balaban J connectivity index is 1.73. The number of fused-ring (bicyclic) bond motifs is 3. The van der Waals surface area contributed by atoms with Crippen LogP contribution < -0.4 is 20.4 Å². The van der Waals surface area contributed by atoms with E-state index in [1.807, 2.05) is 10.6 Å². The first-order valence-electron chi connectivity index (χ1n) is 10.3. The molecule has 0 aliphatic carbocycles. The Morgan fingerprint density at radius 2 is 2.21 bits per heavy atom. The first-order valence-corrected chi connectivity index (χ1v) is 12.0. The number of carbonyl (C=O) groups excluding carboxylic acids is 1. The molecule has 1 aliphatic heterocycles. The van der Waals surface area contributed by atoms with E-state index in [1.54, 1.807) is 24.4 Å². The monoisotopic (exact) mass is 469 g/mol. The zero-order valence-corrected chi connectivity index (χ0v) is 18.8. The van der Waals surface area contributed by atoms with E-state index in [9.17, 15) is 13.2 Å². The van der Waals surface area contributed by atoms with Gasteiger partial charge in [-0.05, 0) is 30.7 Å². The lowest BCUT2D eigenvalue weighted by Gasteiger charge is -2.15. The number of hydrogen-bond acceptors (Lipinski definition) is 8. The van der Waals surface area contributed by atoms with Crippen LogP contribution in [-0.4, -0.2) is 54.9 Å². The molecule has 0 bridgehead atoms. The third-order valence-corrected chi connectivity index (χ3v) is 6.47. The molecular weight excluding hydrogens is 446 g/mol. The summed E-state index contributed by atoms with van der Waals surface area (Å²) < 4.78 is 36.4. The Morgan fingerprint density at radius 3 is 2.94 bits per heavy atom. The Labute approximate surface area is 190 Å². The van der Waals surface area contributed by atoms with Gasteiger partial charge in [-0.25, -0.2) is 13.4 Å². The van der Waals surface area contributed by atoms with Crippen molar-refractivity contribution < 1.29 is 22.7 Å². The number of carbonyl (C=O) groups is 1. The zero-order valence-electron chi connectivity index (χ0n) is 18.0. The highest BCUT2D eigenvalue weighted by Gasteiger charge is 2.21. The van der Waals surface area contributed by atoms with E-state index in [4.69, 9.17) is 9.47 Å². The van der Waals surface area contributed by atoms with Crippen LogP contribution in [0.15, 0.2) is 53.6 Å². The van der Waals surface area contributed by atoms with Gasteiger partial charge in [0.2, 0.25) is 5.62 Å². The van der Waals surface area contributed by atoms with Gasteiger partial charge in [-0.1, -0.05) is 6.58 Å². The van der Waals surface area contributed by atoms with Gasteiger partial charge in [-0.2, -0.15) is 4.99 Å². The van der Waals surface area contributed by atoms with E-state index < -0.39 is 15.7 Å². The van der Waals surface area contributed by atoms with Crippen molar-refractivity contribution in [1.29, 1.82) is 0 Å². The predicted molar refractivity (Wildman–Crippen MR) is 123 cm³/mol. The Morgan fingerprint density at radius 1 is 1.36 bits per heavy atom. The lowest BCUT2D eigenvalue weighted by atomic mass is 10.2. The number of nitrogens with zero attached hydrogens (tertiary/aromatic N) is 4. The molecule has 0 unspecified atom stereocenters. The second kappa shape index (κ2) is 9.41. The first-order chi connectivity index (χ1) is 15.9. The van der Waals surface area contributed by atoms with Crippen molar-refractivity contribution in [3.05, 3.63) is 59.8 Å². The topological polar surface area (TPSA) is 125 Å². The standard InChI is InChI=1S/C22H23N5O5S/c1-3-33(29,30)13-5-12-32-17-8-7-16-18(19(17)31-2)25-22(27-11-10-24-20(16)27)26-21(28)15-6-4-9-23-14-15/h3-4,6-9,14,24H,1,5,10-13H2,2H3. The molecular formula is C22H23N5O5S. The molecule has 0 atom stereocenters. The van der Waals surface area contributed by atoms with Crippen LogP contribution in [0.5, 0.6) is 11.5 Å². The third kappa shape index (κ3) is 4.72. The summed E-state index contributed by atoms with van der Waals surface area (Å²) in [5, 5.41) is 5.04. The smallest absolute Gasteiger partial charge is 0.281 e. The minimum absolute atomic E-state index is 0.0573. The molecule has 3 aromatic rings.